The second kappa shape index (κ2) is 9.28. The summed E-state index contributed by atoms with van der Waals surface area (Å²) in [7, 11) is 0. The first-order valence-electron chi connectivity index (χ1n) is 11.3. The van der Waals surface area contributed by atoms with E-state index >= 15 is 0 Å². The molecule has 2 aliphatic rings. The molecule has 2 aliphatic heterocycles. The highest BCUT2D eigenvalue weighted by Crippen LogP contribution is 2.43. The molecule has 2 heterocycles. The number of nitrogens with zero attached hydrogens (tertiary/aromatic N) is 1. The largest absolute Gasteiger partial charge is 0.416 e. The Morgan fingerprint density at radius 3 is 2.56 bits per heavy atom. The fourth-order valence-electron chi connectivity index (χ4n) is 5.11. The van der Waals surface area contributed by atoms with E-state index in [4.69, 9.17) is 10.5 Å². The van der Waals surface area contributed by atoms with Crippen molar-refractivity contribution in [3.63, 3.8) is 0 Å². The topological polar surface area (TPSA) is 67.6 Å². The van der Waals surface area contributed by atoms with Gasteiger partial charge in [-0.05, 0) is 48.6 Å². The van der Waals surface area contributed by atoms with Gasteiger partial charge in [0.05, 0.1) is 35.9 Å². The average Bonchev–Trinajstić information content (AvgIpc) is 2.83. The number of carbonyl (C=O) groups excluding carboxylic acids is 1. The molecule has 1 amide bonds. The minimum Gasteiger partial charge on any atom is -0.372 e. The van der Waals surface area contributed by atoms with Crippen LogP contribution >= 0.6 is 0 Å². The van der Waals surface area contributed by atoms with Gasteiger partial charge in [-0.2, -0.15) is 13.2 Å². The molecule has 0 aromatic heterocycles. The number of piperazine rings is 1. The number of alkyl halides is 4. The molecule has 2 fully saturated rings. The lowest BCUT2D eigenvalue weighted by atomic mass is 9.73. The number of piperidine rings is 1. The van der Waals surface area contributed by atoms with Crippen molar-refractivity contribution in [1.29, 1.82) is 0 Å². The smallest absolute Gasteiger partial charge is 0.372 e. The van der Waals surface area contributed by atoms with E-state index < -0.39 is 35.6 Å². The fraction of sp³-hybridized carbons (Fsp3) is 0.480. The van der Waals surface area contributed by atoms with Crippen LogP contribution < -0.4 is 11.1 Å². The summed E-state index contributed by atoms with van der Waals surface area (Å²) in [4.78, 5) is 14.6. The van der Waals surface area contributed by atoms with E-state index in [-0.39, 0.29) is 30.2 Å². The van der Waals surface area contributed by atoms with Crippen LogP contribution in [0.3, 0.4) is 0 Å². The van der Waals surface area contributed by atoms with E-state index in [9.17, 15) is 22.4 Å². The Labute approximate surface area is 196 Å². The summed E-state index contributed by atoms with van der Waals surface area (Å²) in [5, 5.41) is 3.04. The van der Waals surface area contributed by atoms with Crippen molar-refractivity contribution < 1.29 is 27.1 Å². The molecule has 2 bridgehead atoms. The van der Waals surface area contributed by atoms with Gasteiger partial charge >= 0.3 is 6.18 Å². The van der Waals surface area contributed by atoms with Crippen molar-refractivity contribution in [2.24, 2.45) is 5.73 Å². The third kappa shape index (κ3) is 4.69. The molecule has 2 aromatic carbocycles. The molecule has 4 atom stereocenters. The van der Waals surface area contributed by atoms with Crippen molar-refractivity contribution in [1.82, 2.24) is 10.2 Å². The van der Waals surface area contributed by atoms with Gasteiger partial charge in [-0.3, -0.25) is 9.69 Å². The van der Waals surface area contributed by atoms with Crippen LogP contribution in [0.15, 0.2) is 48.5 Å². The zero-order valence-corrected chi connectivity index (χ0v) is 19.0. The second-order valence-electron chi connectivity index (χ2n) is 9.33. The van der Waals surface area contributed by atoms with Crippen LogP contribution in [0.25, 0.3) is 0 Å². The van der Waals surface area contributed by atoms with Gasteiger partial charge in [0, 0.05) is 13.1 Å². The summed E-state index contributed by atoms with van der Waals surface area (Å²) in [6, 6.07) is 12.9. The van der Waals surface area contributed by atoms with Crippen molar-refractivity contribution in [2.75, 3.05) is 26.2 Å². The first kappa shape index (κ1) is 24.6. The number of hydrogen-bond acceptors (Lipinski definition) is 4. The minimum absolute atomic E-state index is 0.0452. The summed E-state index contributed by atoms with van der Waals surface area (Å²) in [6.45, 7) is 1.86. The number of nitrogens with two attached hydrogens (primary N) is 1. The molecule has 1 unspecified atom stereocenters. The number of carbonyl (C=O) groups is 1. The Bertz CT molecular complexity index is 1030. The molecule has 0 aliphatic carbocycles. The molecule has 0 spiro atoms. The van der Waals surface area contributed by atoms with Gasteiger partial charge in [0.2, 0.25) is 5.91 Å². The second-order valence-corrected chi connectivity index (χ2v) is 9.33. The molecule has 0 saturated carbocycles. The van der Waals surface area contributed by atoms with E-state index in [1.165, 1.54) is 6.07 Å². The van der Waals surface area contributed by atoms with Crippen LogP contribution in [-0.4, -0.2) is 42.6 Å². The average molecular weight is 480 g/mol. The van der Waals surface area contributed by atoms with Crippen LogP contribution in [0.4, 0.5) is 17.6 Å². The monoisotopic (exact) mass is 479 g/mol. The van der Waals surface area contributed by atoms with E-state index in [0.29, 0.717) is 25.9 Å². The van der Waals surface area contributed by atoms with Crippen molar-refractivity contribution in [3.05, 3.63) is 70.8 Å². The number of benzene rings is 2. The first-order chi connectivity index (χ1) is 16.1. The molecule has 4 rings (SSSR count). The summed E-state index contributed by atoms with van der Waals surface area (Å²) in [6.07, 6.45) is -4.00. The molecule has 5 nitrogen and oxygen atoms in total. The maximum absolute atomic E-state index is 13.3. The van der Waals surface area contributed by atoms with Gasteiger partial charge < -0.3 is 15.8 Å². The summed E-state index contributed by atoms with van der Waals surface area (Å²) < 4.78 is 59.5. The van der Waals surface area contributed by atoms with E-state index in [0.717, 1.165) is 17.7 Å². The molecule has 3 N–H and O–H groups in total. The molecular weight excluding hydrogens is 450 g/mol. The number of halogens is 4. The number of ether oxygens (including phenoxy) is 1. The Hall–Kier alpha value is -2.49. The molecule has 2 saturated heterocycles. The number of amides is 1. The van der Waals surface area contributed by atoms with Crippen molar-refractivity contribution in [2.45, 2.75) is 49.8 Å². The van der Waals surface area contributed by atoms with E-state index in [1.807, 2.05) is 30.3 Å². The highest BCUT2D eigenvalue weighted by Gasteiger charge is 2.52. The molecule has 34 heavy (non-hydrogen) atoms. The summed E-state index contributed by atoms with van der Waals surface area (Å²) in [5.74, 6) is -0.116. The van der Waals surface area contributed by atoms with Crippen LogP contribution in [0, 0.1) is 0 Å². The normalized spacial score (nSPS) is 27.8. The number of rotatable bonds is 7. The van der Waals surface area contributed by atoms with Gasteiger partial charge in [-0.15, -0.1) is 0 Å². The summed E-state index contributed by atoms with van der Waals surface area (Å²) >= 11 is 0. The lowest BCUT2D eigenvalue weighted by Gasteiger charge is -2.56. The number of hydrogen-bond donors (Lipinski definition) is 2. The third-order valence-corrected chi connectivity index (χ3v) is 7.10. The van der Waals surface area contributed by atoms with Gasteiger partial charge in [-0.1, -0.05) is 36.4 Å². The SMILES string of the molecule is C[C@@H](OC[C@@]1(c2ccccc2)CC[C@]2(CN)CN1CC(=O)N2)c1cc(CF)cc(C(F)(F)F)c1. The Morgan fingerprint density at radius 1 is 1.18 bits per heavy atom. The van der Waals surface area contributed by atoms with Gasteiger partial charge in [0.25, 0.3) is 0 Å². The Kier molecular flexibility index (Phi) is 6.72. The van der Waals surface area contributed by atoms with Crippen LogP contribution in [0.5, 0.6) is 0 Å². The zero-order valence-electron chi connectivity index (χ0n) is 19.0. The Morgan fingerprint density at radius 2 is 1.91 bits per heavy atom. The maximum atomic E-state index is 13.3. The van der Waals surface area contributed by atoms with Crippen LogP contribution in [-0.2, 0) is 27.9 Å². The third-order valence-electron chi connectivity index (χ3n) is 7.10. The molecular formula is C25H29F4N3O2. The molecule has 2 aromatic rings. The van der Waals surface area contributed by atoms with Gasteiger partial charge in [-0.25, -0.2) is 4.39 Å². The predicted octanol–water partition coefficient (Wildman–Crippen LogP) is 4.07. The van der Waals surface area contributed by atoms with Gasteiger partial charge in [0.1, 0.15) is 6.67 Å². The molecule has 184 valence electrons. The fourth-order valence-corrected chi connectivity index (χ4v) is 5.11. The van der Waals surface area contributed by atoms with Crippen LogP contribution in [0.1, 0.15) is 48.1 Å². The minimum atomic E-state index is -4.58. The van der Waals surface area contributed by atoms with Gasteiger partial charge in [0.15, 0.2) is 0 Å². The van der Waals surface area contributed by atoms with Crippen LogP contribution in [0.2, 0.25) is 0 Å². The number of nitrogens with one attached hydrogen (secondary N) is 1. The lowest BCUT2D eigenvalue weighted by molar-refractivity contribution is -0.143. The lowest BCUT2D eigenvalue weighted by Crippen LogP contribution is -2.73. The van der Waals surface area contributed by atoms with Crippen molar-refractivity contribution >= 4 is 5.91 Å². The zero-order chi connectivity index (χ0) is 24.6. The maximum Gasteiger partial charge on any atom is 0.416 e. The molecule has 9 heteroatoms. The first-order valence-corrected chi connectivity index (χ1v) is 11.3. The highest BCUT2D eigenvalue weighted by atomic mass is 19.4. The Balaban J connectivity index is 1.64. The van der Waals surface area contributed by atoms with E-state index in [1.54, 1.807) is 6.92 Å². The summed E-state index contributed by atoms with van der Waals surface area (Å²) in [5.41, 5.74) is 5.15. The highest BCUT2D eigenvalue weighted by molar-refractivity contribution is 5.80. The number of fused-ring (bicyclic) bond motifs is 2. The van der Waals surface area contributed by atoms with Crippen molar-refractivity contribution in [3.8, 4) is 0 Å². The molecule has 0 radical (unpaired) electrons. The standard InChI is InChI=1S/C25H29F4N3O2/c1-17(19-9-18(12-26)10-21(11-19)25(27,28)29)34-16-24(20-5-3-2-4-6-20)8-7-23(14-30)15-32(24)13-22(33)31-23/h2-6,9-11,17H,7-8,12-16,30H2,1H3,(H,31,33)/t17-,23+,24-/m1/s1. The van der Waals surface area contributed by atoms with E-state index in [2.05, 4.69) is 10.2 Å². The quantitative estimate of drug-likeness (QED) is 0.588. The predicted molar refractivity (Wildman–Crippen MR) is 119 cm³/mol.